The lowest BCUT2D eigenvalue weighted by Gasteiger charge is -2.54. The first-order valence-electron chi connectivity index (χ1n) is 12.2. The van der Waals surface area contributed by atoms with E-state index in [1.54, 1.807) is 12.1 Å². The highest BCUT2D eigenvalue weighted by Crippen LogP contribution is 2.53. The summed E-state index contributed by atoms with van der Waals surface area (Å²) in [5.41, 5.74) is 0.595. The van der Waals surface area contributed by atoms with Gasteiger partial charge in [-0.25, -0.2) is 0 Å². The zero-order valence-electron chi connectivity index (χ0n) is 19.7. The van der Waals surface area contributed by atoms with E-state index in [0.717, 1.165) is 11.8 Å². The van der Waals surface area contributed by atoms with Crippen molar-refractivity contribution in [1.82, 2.24) is 13.9 Å². The number of carbonyl (C=O) groups excluding carboxylic acids is 1. The van der Waals surface area contributed by atoms with Gasteiger partial charge in [-0.05, 0) is 67.9 Å². The third-order valence-corrected chi connectivity index (χ3v) is 10.3. The molecule has 1 aromatic rings. The molecule has 1 saturated heterocycles. The Morgan fingerprint density at radius 3 is 2.15 bits per heavy atom. The first-order valence-corrected chi connectivity index (χ1v) is 13.5. The van der Waals surface area contributed by atoms with Gasteiger partial charge in [0.25, 0.3) is 21.8 Å². The minimum Gasteiger partial charge on any atom is -0.363 e. The largest absolute Gasteiger partial charge is 0.363 e. The van der Waals surface area contributed by atoms with Gasteiger partial charge >= 0.3 is 0 Å². The van der Waals surface area contributed by atoms with Crippen molar-refractivity contribution in [3.8, 4) is 0 Å². The van der Waals surface area contributed by atoms with Gasteiger partial charge < -0.3 is 10.2 Å². The number of nitro benzene ring substituents is 1. The summed E-state index contributed by atoms with van der Waals surface area (Å²) in [5, 5.41) is 15.1. The number of benzene rings is 1. The third kappa shape index (κ3) is 4.18. The molecule has 4 bridgehead atoms. The third-order valence-electron chi connectivity index (χ3n) is 8.33. The fourth-order valence-electron chi connectivity index (χ4n) is 6.86. The van der Waals surface area contributed by atoms with Crippen LogP contribution in [-0.4, -0.2) is 74.2 Å². The molecule has 0 aromatic heterocycles. The second-order valence-electron chi connectivity index (χ2n) is 10.6. The number of nitrogens with one attached hydrogen (secondary N) is 1. The quantitative estimate of drug-likeness (QED) is 0.481. The monoisotopic (exact) mass is 491 g/mol. The van der Waals surface area contributed by atoms with E-state index in [9.17, 15) is 23.3 Å². The molecule has 186 valence electrons. The van der Waals surface area contributed by atoms with Crippen LogP contribution in [0.5, 0.6) is 0 Å². The SMILES string of the molecule is CN(C)S(=O)(=O)N1CCN(c2ccc(C(=O)NC3C4CC5CC(C4)CC3C5)cc2[N+](=O)[O-])CC1. The van der Waals surface area contributed by atoms with Crippen LogP contribution >= 0.6 is 0 Å². The molecule has 5 aliphatic rings. The van der Waals surface area contributed by atoms with E-state index in [1.807, 2.05) is 4.90 Å². The van der Waals surface area contributed by atoms with Crippen LogP contribution in [0.4, 0.5) is 11.4 Å². The second kappa shape index (κ2) is 8.76. The first kappa shape index (κ1) is 23.5. The number of amides is 1. The zero-order valence-corrected chi connectivity index (χ0v) is 20.5. The Bertz CT molecular complexity index is 1060. The van der Waals surface area contributed by atoms with Crippen molar-refractivity contribution in [2.45, 2.75) is 38.1 Å². The van der Waals surface area contributed by atoms with Crippen LogP contribution in [0.3, 0.4) is 0 Å². The van der Waals surface area contributed by atoms with E-state index in [1.165, 1.54) is 60.9 Å². The Labute approximate surface area is 200 Å². The van der Waals surface area contributed by atoms with E-state index >= 15 is 0 Å². The lowest BCUT2D eigenvalue weighted by atomic mass is 9.54. The topological polar surface area (TPSA) is 116 Å². The average molecular weight is 492 g/mol. The average Bonchev–Trinajstić information content (AvgIpc) is 2.80. The fourth-order valence-corrected chi connectivity index (χ4v) is 7.95. The van der Waals surface area contributed by atoms with Crippen LogP contribution in [0, 0.1) is 33.8 Å². The molecular weight excluding hydrogens is 458 g/mol. The van der Waals surface area contributed by atoms with Gasteiger partial charge in [-0.2, -0.15) is 17.0 Å². The molecule has 1 aliphatic heterocycles. The molecule has 1 amide bonds. The molecule has 0 atom stereocenters. The van der Waals surface area contributed by atoms with Gasteiger partial charge in [0, 0.05) is 57.9 Å². The lowest BCUT2D eigenvalue weighted by Crippen LogP contribution is -2.55. The van der Waals surface area contributed by atoms with Gasteiger partial charge in [-0.1, -0.05) is 0 Å². The molecule has 0 unspecified atom stereocenters. The summed E-state index contributed by atoms with van der Waals surface area (Å²) in [5.74, 6) is 2.44. The molecule has 4 aliphatic carbocycles. The number of rotatable bonds is 6. The highest BCUT2D eigenvalue weighted by molar-refractivity contribution is 7.86. The summed E-state index contributed by atoms with van der Waals surface area (Å²) in [6, 6.07) is 4.81. The Balaban J connectivity index is 1.29. The molecular formula is C23H33N5O5S. The number of nitro groups is 1. The molecule has 1 aromatic carbocycles. The van der Waals surface area contributed by atoms with E-state index < -0.39 is 15.1 Å². The summed E-state index contributed by atoms with van der Waals surface area (Å²) < 4.78 is 27.3. The van der Waals surface area contributed by atoms with Gasteiger partial charge in [0.1, 0.15) is 5.69 Å². The summed E-state index contributed by atoms with van der Waals surface area (Å²) in [7, 11) is -0.547. The summed E-state index contributed by atoms with van der Waals surface area (Å²) in [6.45, 7) is 1.17. The summed E-state index contributed by atoms with van der Waals surface area (Å²) in [4.78, 5) is 26.3. The van der Waals surface area contributed by atoms with Crippen molar-refractivity contribution in [2.75, 3.05) is 45.2 Å². The van der Waals surface area contributed by atoms with Gasteiger partial charge in [-0.3, -0.25) is 14.9 Å². The molecule has 11 heteroatoms. The maximum atomic E-state index is 13.1. The molecule has 34 heavy (non-hydrogen) atoms. The highest BCUT2D eigenvalue weighted by Gasteiger charge is 2.48. The number of carbonyl (C=O) groups is 1. The number of nitrogens with zero attached hydrogens (tertiary/aromatic N) is 4. The molecule has 0 spiro atoms. The van der Waals surface area contributed by atoms with Crippen LogP contribution in [0.2, 0.25) is 0 Å². The van der Waals surface area contributed by atoms with Crippen molar-refractivity contribution >= 4 is 27.5 Å². The fraction of sp³-hybridized carbons (Fsp3) is 0.696. The minimum atomic E-state index is -3.52. The number of anilines is 1. The van der Waals surface area contributed by atoms with E-state index in [0.29, 0.717) is 36.2 Å². The van der Waals surface area contributed by atoms with Gasteiger partial charge in [0.15, 0.2) is 0 Å². The molecule has 6 rings (SSSR count). The summed E-state index contributed by atoms with van der Waals surface area (Å²) >= 11 is 0. The molecule has 4 saturated carbocycles. The Hall–Kier alpha value is -2.24. The second-order valence-corrected chi connectivity index (χ2v) is 12.7. The molecule has 1 N–H and O–H groups in total. The van der Waals surface area contributed by atoms with Crippen molar-refractivity contribution < 1.29 is 18.1 Å². The number of piperazine rings is 1. The zero-order chi connectivity index (χ0) is 24.2. The van der Waals surface area contributed by atoms with Gasteiger partial charge in [0.05, 0.1) is 4.92 Å². The van der Waals surface area contributed by atoms with E-state index in [-0.39, 0.29) is 30.7 Å². The lowest BCUT2D eigenvalue weighted by molar-refractivity contribution is -0.384. The molecule has 1 heterocycles. The summed E-state index contributed by atoms with van der Waals surface area (Å²) in [6.07, 6.45) is 6.09. The highest BCUT2D eigenvalue weighted by atomic mass is 32.2. The Morgan fingerprint density at radius 1 is 1.03 bits per heavy atom. The number of hydrogen-bond donors (Lipinski definition) is 1. The van der Waals surface area contributed by atoms with Crippen molar-refractivity contribution in [3.63, 3.8) is 0 Å². The predicted molar refractivity (Wildman–Crippen MR) is 128 cm³/mol. The van der Waals surface area contributed by atoms with E-state index in [2.05, 4.69) is 5.32 Å². The normalized spacial score (nSPS) is 31.1. The molecule has 10 nitrogen and oxygen atoms in total. The minimum absolute atomic E-state index is 0.123. The van der Waals surface area contributed by atoms with Crippen LogP contribution in [0.25, 0.3) is 0 Å². The maximum absolute atomic E-state index is 13.1. The Morgan fingerprint density at radius 2 is 1.62 bits per heavy atom. The van der Waals surface area contributed by atoms with Crippen LogP contribution in [-0.2, 0) is 10.2 Å². The standard InChI is InChI=1S/C23H33N5O5S/c1-25(2)34(32,33)27-7-5-26(6-8-27)20-4-3-17(14-21(20)28(30)31)23(29)24-22-18-10-15-9-16(12-18)13-19(22)11-15/h3-4,14-16,18-19,22H,5-13H2,1-2H3,(H,24,29). The van der Waals surface area contributed by atoms with Crippen LogP contribution in [0.1, 0.15) is 42.5 Å². The van der Waals surface area contributed by atoms with Gasteiger partial charge in [0.2, 0.25) is 0 Å². The predicted octanol–water partition coefficient (Wildman–Crippen LogP) is 2.08. The van der Waals surface area contributed by atoms with Gasteiger partial charge in [-0.15, -0.1) is 0 Å². The Kier molecular flexibility index (Phi) is 6.06. The smallest absolute Gasteiger partial charge is 0.293 e. The molecule has 5 fully saturated rings. The van der Waals surface area contributed by atoms with Crippen LogP contribution in [0.15, 0.2) is 18.2 Å². The van der Waals surface area contributed by atoms with Crippen LogP contribution < -0.4 is 10.2 Å². The van der Waals surface area contributed by atoms with Crippen molar-refractivity contribution in [3.05, 3.63) is 33.9 Å². The van der Waals surface area contributed by atoms with Crippen molar-refractivity contribution in [1.29, 1.82) is 0 Å². The first-order chi connectivity index (χ1) is 16.1. The van der Waals surface area contributed by atoms with E-state index in [4.69, 9.17) is 0 Å². The van der Waals surface area contributed by atoms with Crippen molar-refractivity contribution in [2.24, 2.45) is 23.7 Å². The number of hydrogen-bond acceptors (Lipinski definition) is 6. The maximum Gasteiger partial charge on any atom is 0.293 e. The molecule has 0 radical (unpaired) electrons.